The number of benzene rings is 1. The maximum absolute atomic E-state index is 11.5. The van der Waals surface area contributed by atoms with Crippen molar-refractivity contribution in [2.24, 2.45) is 0 Å². The van der Waals surface area contributed by atoms with Gasteiger partial charge in [0.2, 0.25) is 0 Å². The third-order valence-corrected chi connectivity index (χ3v) is 3.36. The Balaban J connectivity index is 2.25. The van der Waals surface area contributed by atoms with Gasteiger partial charge >= 0.3 is 0 Å². The minimum atomic E-state index is -0.231. The van der Waals surface area contributed by atoms with Gasteiger partial charge in [0.15, 0.2) is 6.29 Å². The van der Waals surface area contributed by atoms with E-state index in [-0.39, 0.29) is 5.56 Å². The van der Waals surface area contributed by atoms with Gasteiger partial charge in [-0.15, -0.1) is 0 Å². The zero-order valence-electron chi connectivity index (χ0n) is 10.6. The summed E-state index contributed by atoms with van der Waals surface area (Å²) >= 11 is 6.22. The van der Waals surface area contributed by atoms with Gasteiger partial charge in [-0.25, -0.2) is 4.98 Å². The highest BCUT2D eigenvalue weighted by Gasteiger charge is 2.08. The van der Waals surface area contributed by atoms with E-state index in [9.17, 15) is 9.59 Å². The number of aromatic nitrogens is 3. The Morgan fingerprint density at radius 2 is 2.20 bits per heavy atom. The molecule has 0 atom stereocenters. The number of carbonyl (C=O) groups is 1. The first-order chi connectivity index (χ1) is 9.58. The molecule has 1 aromatic carbocycles. The van der Waals surface area contributed by atoms with Crippen molar-refractivity contribution in [2.45, 2.75) is 6.92 Å². The van der Waals surface area contributed by atoms with Crippen LogP contribution < -0.4 is 5.56 Å². The molecule has 0 fully saturated rings. The standard InChI is InChI=1S/C14H10ClN3O2/c1-8-14(20)17-11-4-10(15)13(5-12(11)16-8)18-3-2-9(6-18)7-19/h2-7H,1H3,(H,17,20). The fraction of sp³-hybridized carbons (Fsp3) is 0.0714. The number of H-pyrrole nitrogens is 1. The van der Waals surface area contributed by atoms with Gasteiger partial charge in [-0.05, 0) is 25.1 Å². The number of fused-ring (bicyclic) bond motifs is 1. The first-order valence-electron chi connectivity index (χ1n) is 5.92. The van der Waals surface area contributed by atoms with Gasteiger partial charge < -0.3 is 9.55 Å². The van der Waals surface area contributed by atoms with Crippen LogP contribution in [0.2, 0.25) is 5.02 Å². The number of halogens is 1. The van der Waals surface area contributed by atoms with Crippen LogP contribution in [0.3, 0.4) is 0 Å². The average molecular weight is 288 g/mol. The quantitative estimate of drug-likeness (QED) is 0.736. The molecule has 2 heterocycles. The number of hydrogen-bond donors (Lipinski definition) is 1. The summed E-state index contributed by atoms with van der Waals surface area (Å²) in [6.45, 7) is 1.65. The number of nitrogens with zero attached hydrogens (tertiary/aromatic N) is 2. The van der Waals surface area contributed by atoms with E-state index in [2.05, 4.69) is 9.97 Å². The summed E-state index contributed by atoms with van der Waals surface area (Å²) in [4.78, 5) is 29.2. The van der Waals surface area contributed by atoms with Crippen LogP contribution in [0.4, 0.5) is 0 Å². The van der Waals surface area contributed by atoms with Crippen LogP contribution in [0.5, 0.6) is 0 Å². The molecule has 0 aliphatic carbocycles. The Kier molecular flexibility index (Phi) is 2.91. The van der Waals surface area contributed by atoms with Gasteiger partial charge in [0.25, 0.3) is 5.56 Å². The summed E-state index contributed by atoms with van der Waals surface area (Å²) in [6.07, 6.45) is 4.19. The Morgan fingerprint density at radius 1 is 1.40 bits per heavy atom. The number of carbonyl (C=O) groups excluding carboxylic acids is 1. The van der Waals surface area contributed by atoms with Crippen LogP contribution in [0.15, 0.2) is 35.4 Å². The second-order valence-electron chi connectivity index (χ2n) is 4.44. The van der Waals surface area contributed by atoms with Crippen molar-refractivity contribution in [3.63, 3.8) is 0 Å². The van der Waals surface area contributed by atoms with Crippen molar-refractivity contribution >= 4 is 28.9 Å². The molecule has 0 aliphatic heterocycles. The summed E-state index contributed by atoms with van der Waals surface area (Å²) in [5.41, 5.74) is 2.65. The molecule has 100 valence electrons. The van der Waals surface area contributed by atoms with Crippen molar-refractivity contribution in [2.75, 3.05) is 0 Å². The molecule has 5 nitrogen and oxygen atoms in total. The molecule has 3 aromatic rings. The van der Waals surface area contributed by atoms with E-state index < -0.39 is 0 Å². The van der Waals surface area contributed by atoms with Crippen LogP contribution in [-0.4, -0.2) is 20.8 Å². The fourth-order valence-corrected chi connectivity index (χ4v) is 2.28. The molecular formula is C14H10ClN3O2. The van der Waals surface area contributed by atoms with Gasteiger partial charge in [-0.1, -0.05) is 11.6 Å². The Bertz CT molecular complexity index is 880. The minimum Gasteiger partial charge on any atom is -0.322 e. The lowest BCUT2D eigenvalue weighted by atomic mass is 10.2. The smallest absolute Gasteiger partial charge is 0.269 e. The maximum atomic E-state index is 11.5. The normalized spacial score (nSPS) is 10.9. The molecule has 2 aromatic heterocycles. The molecule has 1 N–H and O–H groups in total. The maximum Gasteiger partial charge on any atom is 0.269 e. The molecule has 0 radical (unpaired) electrons. The van der Waals surface area contributed by atoms with Gasteiger partial charge in [0.1, 0.15) is 5.69 Å². The number of hydrogen-bond acceptors (Lipinski definition) is 3. The van der Waals surface area contributed by atoms with Gasteiger partial charge in [-0.3, -0.25) is 9.59 Å². The first kappa shape index (κ1) is 12.6. The van der Waals surface area contributed by atoms with E-state index in [1.807, 2.05) is 0 Å². The van der Waals surface area contributed by atoms with E-state index in [0.29, 0.717) is 33.0 Å². The Hall–Kier alpha value is -2.40. The molecule has 0 saturated carbocycles. The van der Waals surface area contributed by atoms with Gasteiger partial charge in [0, 0.05) is 18.0 Å². The van der Waals surface area contributed by atoms with Crippen LogP contribution >= 0.6 is 11.6 Å². The van der Waals surface area contributed by atoms with E-state index in [0.717, 1.165) is 6.29 Å². The van der Waals surface area contributed by atoms with Crippen molar-refractivity contribution in [3.8, 4) is 5.69 Å². The molecule has 0 unspecified atom stereocenters. The van der Waals surface area contributed by atoms with E-state index in [1.54, 1.807) is 42.1 Å². The third kappa shape index (κ3) is 2.02. The molecule has 0 aliphatic rings. The molecule has 6 heteroatoms. The number of aromatic amines is 1. The van der Waals surface area contributed by atoms with E-state index in [1.165, 1.54) is 0 Å². The van der Waals surface area contributed by atoms with Crippen molar-refractivity contribution in [1.82, 2.24) is 14.5 Å². The van der Waals surface area contributed by atoms with Gasteiger partial charge in [-0.2, -0.15) is 0 Å². The van der Waals surface area contributed by atoms with Crippen LogP contribution in [-0.2, 0) is 0 Å². The highest BCUT2D eigenvalue weighted by Crippen LogP contribution is 2.25. The van der Waals surface area contributed by atoms with Gasteiger partial charge in [0.05, 0.1) is 21.7 Å². The monoisotopic (exact) mass is 287 g/mol. The lowest BCUT2D eigenvalue weighted by Gasteiger charge is -2.08. The first-order valence-corrected chi connectivity index (χ1v) is 6.30. The lowest BCUT2D eigenvalue weighted by molar-refractivity contribution is 0.112. The molecule has 0 saturated heterocycles. The lowest BCUT2D eigenvalue weighted by Crippen LogP contribution is -2.11. The summed E-state index contributed by atoms with van der Waals surface area (Å²) < 4.78 is 1.74. The largest absolute Gasteiger partial charge is 0.322 e. The summed E-state index contributed by atoms with van der Waals surface area (Å²) in [5.74, 6) is 0. The molecule has 0 bridgehead atoms. The third-order valence-electron chi connectivity index (χ3n) is 3.06. The van der Waals surface area contributed by atoms with Crippen molar-refractivity contribution < 1.29 is 4.79 Å². The Labute approximate surface area is 118 Å². The summed E-state index contributed by atoms with van der Waals surface area (Å²) in [7, 11) is 0. The van der Waals surface area contributed by atoms with Crippen LogP contribution in [0.1, 0.15) is 16.1 Å². The predicted molar refractivity (Wildman–Crippen MR) is 76.8 cm³/mol. The number of aryl methyl sites for hydroxylation is 1. The number of aldehydes is 1. The highest BCUT2D eigenvalue weighted by atomic mass is 35.5. The predicted octanol–water partition coefficient (Wildman–Crippen LogP) is 2.49. The Morgan fingerprint density at radius 3 is 2.90 bits per heavy atom. The number of rotatable bonds is 2. The second-order valence-corrected chi connectivity index (χ2v) is 4.85. The topological polar surface area (TPSA) is 67.8 Å². The highest BCUT2D eigenvalue weighted by molar-refractivity contribution is 6.33. The zero-order valence-corrected chi connectivity index (χ0v) is 11.3. The zero-order chi connectivity index (χ0) is 14.3. The minimum absolute atomic E-state index is 0.231. The van der Waals surface area contributed by atoms with Crippen LogP contribution in [0.25, 0.3) is 16.7 Å². The van der Waals surface area contributed by atoms with Crippen molar-refractivity contribution in [3.05, 3.63) is 57.2 Å². The fourth-order valence-electron chi connectivity index (χ4n) is 2.02. The second kappa shape index (κ2) is 4.61. The molecule has 0 spiro atoms. The molecule has 0 amide bonds. The van der Waals surface area contributed by atoms with E-state index >= 15 is 0 Å². The molecule has 20 heavy (non-hydrogen) atoms. The van der Waals surface area contributed by atoms with Crippen molar-refractivity contribution in [1.29, 1.82) is 0 Å². The molecular weight excluding hydrogens is 278 g/mol. The van der Waals surface area contributed by atoms with Crippen LogP contribution in [0, 0.1) is 6.92 Å². The average Bonchev–Trinajstić information content (AvgIpc) is 2.89. The van der Waals surface area contributed by atoms with E-state index in [4.69, 9.17) is 11.6 Å². The summed E-state index contributed by atoms with van der Waals surface area (Å²) in [5, 5.41) is 0.465. The SMILES string of the molecule is Cc1nc2cc(-n3ccc(C=O)c3)c(Cl)cc2[nH]c1=O. The molecule has 3 rings (SSSR count). The number of nitrogens with one attached hydrogen (secondary N) is 1. The summed E-state index contributed by atoms with van der Waals surface area (Å²) in [6, 6.07) is 5.12.